The number of pyridine rings is 1. The van der Waals surface area contributed by atoms with Crippen LogP contribution in [0.1, 0.15) is 43.1 Å². The van der Waals surface area contributed by atoms with Gasteiger partial charge in [0.05, 0.1) is 36.6 Å². The highest BCUT2D eigenvalue weighted by atomic mass is 19.1. The zero-order chi connectivity index (χ0) is 24.7. The van der Waals surface area contributed by atoms with Crippen LogP contribution in [-0.2, 0) is 0 Å². The second kappa shape index (κ2) is 8.54. The highest BCUT2D eigenvalue weighted by Crippen LogP contribution is 2.37. The first-order valence-electron chi connectivity index (χ1n) is 11.4. The Kier molecular flexibility index (Phi) is 5.51. The maximum atomic E-state index is 15.3. The molecule has 1 saturated carbocycles. The van der Waals surface area contributed by atoms with Crippen molar-refractivity contribution in [2.75, 3.05) is 19.5 Å². The second-order valence-electron chi connectivity index (χ2n) is 9.05. The van der Waals surface area contributed by atoms with Gasteiger partial charge in [-0.05, 0) is 44.7 Å². The molecule has 1 fully saturated rings. The minimum absolute atomic E-state index is 0.116. The summed E-state index contributed by atoms with van der Waals surface area (Å²) < 4.78 is 23.8. The average Bonchev–Trinajstić information content (AvgIpc) is 3.44. The summed E-state index contributed by atoms with van der Waals surface area (Å²) in [7, 11) is 3.01. The number of hydrogen-bond donors (Lipinski definition) is 2. The highest BCUT2D eigenvalue weighted by molar-refractivity contribution is 5.93. The van der Waals surface area contributed by atoms with E-state index in [1.54, 1.807) is 22.7 Å². The largest absolute Gasteiger partial charge is 0.479 e. The van der Waals surface area contributed by atoms with Gasteiger partial charge in [-0.2, -0.15) is 10.2 Å². The monoisotopic (exact) mass is 476 g/mol. The van der Waals surface area contributed by atoms with Crippen LogP contribution in [0.4, 0.5) is 10.3 Å². The van der Waals surface area contributed by atoms with E-state index >= 15 is 4.39 Å². The quantitative estimate of drug-likeness (QED) is 0.452. The number of nitrogens with one attached hydrogen (secondary N) is 2. The standard InChI is InChI=1S/C24H25FN8O2/c1-24(13-26)8-6-15(7-9-24)29-23-30-22(35-3)20-19(16(25)12-33(20)31-23)14-4-5-18-28-10-17(21(34)27-2)32(18)11-14/h4-5,10-12,15H,6-9H2,1-3H3,(H,27,34)(H,29,31)/t15-,24-. The summed E-state index contributed by atoms with van der Waals surface area (Å²) in [4.78, 5) is 20.9. The van der Waals surface area contributed by atoms with E-state index in [4.69, 9.17) is 4.74 Å². The van der Waals surface area contributed by atoms with Crippen LogP contribution in [0.5, 0.6) is 5.88 Å². The third-order valence-electron chi connectivity index (χ3n) is 6.69. The molecule has 2 N–H and O–H groups in total. The third-order valence-corrected chi connectivity index (χ3v) is 6.69. The van der Waals surface area contributed by atoms with Crippen LogP contribution in [0.3, 0.4) is 0 Å². The summed E-state index contributed by atoms with van der Waals surface area (Å²) in [5.41, 5.74) is 1.75. The number of imidazole rings is 1. The number of carbonyl (C=O) groups excluding carboxylic acids is 1. The summed E-state index contributed by atoms with van der Waals surface area (Å²) in [6.45, 7) is 1.98. The van der Waals surface area contributed by atoms with E-state index in [0.29, 0.717) is 28.4 Å². The van der Waals surface area contributed by atoms with Gasteiger partial charge in [-0.25, -0.2) is 13.9 Å². The third kappa shape index (κ3) is 3.90. The molecule has 1 aliphatic carbocycles. The fourth-order valence-corrected chi connectivity index (χ4v) is 4.62. The fraction of sp³-hybridized carbons (Fsp3) is 0.375. The van der Waals surface area contributed by atoms with Crippen molar-refractivity contribution in [2.24, 2.45) is 5.41 Å². The van der Waals surface area contributed by atoms with Crippen LogP contribution in [-0.4, -0.2) is 50.1 Å². The van der Waals surface area contributed by atoms with Crippen molar-refractivity contribution in [3.63, 3.8) is 0 Å². The molecule has 0 radical (unpaired) electrons. The molecule has 35 heavy (non-hydrogen) atoms. The Bertz CT molecular complexity index is 1480. The Morgan fingerprint density at radius 3 is 2.77 bits per heavy atom. The zero-order valence-electron chi connectivity index (χ0n) is 19.7. The minimum Gasteiger partial charge on any atom is -0.479 e. The lowest BCUT2D eigenvalue weighted by Crippen LogP contribution is -2.31. The van der Waals surface area contributed by atoms with Gasteiger partial charge in [-0.1, -0.05) is 0 Å². The fourth-order valence-electron chi connectivity index (χ4n) is 4.62. The Balaban J connectivity index is 1.53. The first-order chi connectivity index (χ1) is 16.9. The van der Waals surface area contributed by atoms with E-state index in [9.17, 15) is 10.1 Å². The lowest BCUT2D eigenvalue weighted by molar-refractivity contribution is 0.0957. The topological polar surface area (TPSA) is 122 Å². The van der Waals surface area contributed by atoms with Gasteiger partial charge in [0, 0.05) is 24.8 Å². The van der Waals surface area contributed by atoms with E-state index in [0.717, 1.165) is 25.7 Å². The van der Waals surface area contributed by atoms with Crippen LogP contribution in [0.15, 0.2) is 30.7 Å². The maximum Gasteiger partial charge on any atom is 0.269 e. The number of aromatic nitrogens is 5. The molecule has 0 unspecified atom stereocenters. The minimum atomic E-state index is -0.502. The Hall–Kier alpha value is -4.20. The number of hydrogen-bond acceptors (Lipinski definition) is 7. The van der Waals surface area contributed by atoms with Crippen molar-refractivity contribution in [3.05, 3.63) is 42.2 Å². The molecule has 0 atom stereocenters. The molecule has 0 bridgehead atoms. The molecule has 0 aliphatic heterocycles. The molecule has 0 saturated heterocycles. The summed E-state index contributed by atoms with van der Waals surface area (Å²) in [5, 5.41) is 19.7. The number of ether oxygens (including phenoxy) is 1. The van der Waals surface area contributed by atoms with Crippen molar-refractivity contribution in [1.29, 1.82) is 5.26 Å². The lowest BCUT2D eigenvalue weighted by Gasteiger charge is -2.32. The van der Waals surface area contributed by atoms with Gasteiger partial charge in [-0.15, -0.1) is 5.10 Å². The molecule has 4 aromatic rings. The van der Waals surface area contributed by atoms with Gasteiger partial charge < -0.3 is 15.4 Å². The van der Waals surface area contributed by atoms with Crippen LogP contribution in [0.25, 0.3) is 22.3 Å². The van der Waals surface area contributed by atoms with Crippen LogP contribution in [0.2, 0.25) is 0 Å². The van der Waals surface area contributed by atoms with E-state index in [-0.39, 0.29) is 28.8 Å². The van der Waals surface area contributed by atoms with Gasteiger partial charge in [-0.3, -0.25) is 9.20 Å². The molecule has 10 nitrogen and oxygen atoms in total. The van der Waals surface area contributed by atoms with Crippen molar-refractivity contribution < 1.29 is 13.9 Å². The number of carbonyl (C=O) groups is 1. The van der Waals surface area contributed by atoms with E-state index in [2.05, 4.69) is 31.8 Å². The first kappa shape index (κ1) is 22.6. The molecule has 0 spiro atoms. The summed E-state index contributed by atoms with van der Waals surface area (Å²) in [5.74, 6) is -0.255. The number of nitrogens with zero attached hydrogens (tertiary/aromatic N) is 6. The van der Waals surface area contributed by atoms with E-state index in [1.807, 2.05) is 6.92 Å². The SMILES string of the molecule is CNC(=O)c1cnc2ccc(-c3c(F)cn4nc(N[C@H]5CC[C@](C)(C#N)CC5)nc(OC)c34)cn12. The molecular formula is C24H25FN8O2. The Morgan fingerprint density at radius 2 is 2.09 bits per heavy atom. The van der Waals surface area contributed by atoms with Crippen molar-refractivity contribution in [3.8, 4) is 23.1 Å². The van der Waals surface area contributed by atoms with Crippen molar-refractivity contribution in [1.82, 2.24) is 29.3 Å². The van der Waals surface area contributed by atoms with Crippen molar-refractivity contribution >= 4 is 23.0 Å². The molecule has 11 heteroatoms. The smallest absolute Gasteiger partial charge is 0.269 e. The number of anilines is 1. The number of nitriles is 1. The van der Waals surface area contributed by atoms with E-state index < -0.39 is 5.82 Å². The highest BCUT2D eigenvalue weighted by Gasteiger charge is 2.31. The summed E-state index contributed by atoms with van der Waals surface area (Å²) in [6.07, 6.45) is 7.62. The number of amides is 1. The molecule has 4 heterocycles. The van der Waals surface area contributed by atoms with Crippen LogP contribution < -0.4 is 15.4 Å². The number of rotatable bonds is 5. The average molecular weight is 477 g/mol. The number of fused-ring (bicyclic) bond motifs is 2. The van der Waals surface area contributed by atoms with Gasteiger partial charge in [0.25, 0.3) is 5.91 Å². The Morgan fingerprint density at radius 1 is 1.31 bits per heavy atom. The normalized spacial score (nSPS) is 20.0. The van der Waals surface area contributed by atoms with Gasteiger partial charge >= 0.3 is 0 Å². The molecule has 5 rings (SSSR count). The summed E-state index contributed by atoms with van der Waals surface area (Å²) >= 11 is 0. The van der Waals surface area contributed by atoms with Gasteiger partial charge in [0.1, 0.15) is 16.9 Å². The molecule has 180 valence electrons. The predicted molar refractivity (Wildman–Crippen MR) is 127 cm³/mol. The first-order valence-corrected chi connectivity index (χ1v) is 11.4. The number of methoxy groups -OCH3 is 1. The number of halogens is 1. The predicted octanol–water partition coefficient (Wildman–Crippen LogP) is 3.44. The van der Waals surface area contributed by atoms with Crippen molar-refractivity contribution in [2.45, 2.75) is 38.6 Å². The van der Waals surface area contributed by atoms with Gasteiger partial charge in [0.2, 0.25) is 11.8 Å². The molecule has 0 aromatic carbocycles. The molecule has 1 amide bonds. The zero-order valence-corrected chi connectivity index (χ0v) is 19.7. The summed E-state index contributed by atoms with van der Waals surface area (Å²) in [6, 6.07) is 5.96. The molecule has 4 aromatic heterocycles. The second-order valence-corrected chi connectivity index (χ2v) is 9.05. The lowest BCUT2D eigenvalue weighted by atomic mass is 9.75. The van der Waals surface area contributed by atoms with Gasteiger partial charge in [0.15, 0.2) is 5.82 Å². The van der Waals surface area contributed by atoms with Crippen LogP contribution >= 0.6 is 0 Å². The Labute approximate surface area is 200 Å². The van der Waals surface area contributed by atoms with Crippen LogP contribution in [0, 0.1) is 22.6 Å². The maximum absolute atomic E-state index is 15.3. The van der Waals surface area contributed by atoms with E-state index in [1.165, 1.54) is 31.1 Å². The molecular weight excluding hydrogens is 451 g/mol. The molecule has 1 aliphatic rings.